The van der Waals surface area contributed by atoms with Crippen molar-refractivity contribution in [3.05, 3.63) is 53.6 Å². The van der Waals surface area contributed by atoms with E-state index in [-0.39, 0.29) is 11.4 Å². The van der Waals surface area contributed by atoms with Gasteiger partial charge in [-0.2, -0.15) is 0 Å². The summed E-state index contributed by atoms with van der Waals surface area (Å²) in [5.41, 5.74) is 7.20. The molecule has 0 saturated carbocycles. The van der Waals surface area contributed by atoms with Gasteiger partial charge in [0.05, 0.1) is 5.56 Å². The van der Waals surface area contributed by atoms with Crippen molar-refractivity contribution in [2.75, 3.05) is 0 Å². The smallest absolute Gasteiger partial charge is 0.250 e. The number of rotatable bonds is 2. The molecule has 0 aliphatic heterocycles. The summed E-state index contributed by atoms with van der Waals surface area (Å²) in [6, 6.07) is 6.43. The molecule has 0 radical (unpaired) electrons. The lowest BCUT2D eigenvalue weighted by molar-refractivity contribution is 0.1000. The van der Waals surface area contributed by atoms with Crippen molar-refractivity contribution in [3.8, 4) is 11.1 Å². The summed E-state index contributed by atoms with van der Waals surface area (Å²) in [7, 11) is 0. The Labute approximate surface area is 98.1 Å². The van der Waals surface area contributed by atoms with Crippen LogP contribution in [0.2, 0.25) is 0 Å². The number of primary amides is 1. The fourth-order valence-electron chi connectivity index (χ4n) is 1.58. The molecule has 4 heteroatoms. The minimum absolute atomic E-state index is 0.266. The quantitative estimate of drug-likeness (QED) is 0.860. The van der Waals surface area contributed by atoms with Gasteiger partial charge in [0.15, 0.2) is 0 Å². The van der Waals surface area contributed by atoms with Crippen LogP contribution in [0, 0.1) is 12.7 Å². The van der Waals surface area contributed by atoms with E-state index >= 15 is 0 Å². The molecule has 0 aliphatic rings. The molecule has 3 nitrogen and oxygen atoms in total. The molecule has 0 fully saturated rings. The van der Waals surface area contributed by atoms with Gasteiger partial charge in [0.1, 0.15) is 5.82 Å². The predicted octanol–water partition coefficient (Wildman–Crippen LogP) is 2.30. The molecule has 0 atom stereocenters. The minimum Gasteiger partial charge on any atom is -0.366 e. The van der Waals surface area contributed by atoms with Crippen molar-refractivity contribution in [2.24, 2.45) is 5.73 Å². The molecule has 0 spiro atoms. The molecule has 0 saturated heterocycles. The van der Waals surface area contributed by atoms with Crippen LogP contribution in [0.1, 0.15) is 15.9 Å². The van der Waals surface area contributed by atoms with Gasteiger partial charge < -0.3 is 5.73 Å². The molecule has 86 valence electrons. The zero-order valence-electron chi connectivity index (χ0n) is 9.27. The van der Waals surface area contributed by atoms with E-state index in [1.807, 2.05) is 6.92 Å². The Balaban J connectivity index is 2.53. The molecule has 2 N–H and O–H groups in total. The van der Waals surface area contributed by atoms with Crippen molar-refractivity contribution in [2.45, 2.75) is 6.92 Å². The van der Waals surface area contributed by atoms with Crippen molar-refractivity contribution in [1.29, 1.82) is 0 Å². The number of aromatic nitrogens is 1. The number of aryl methyl sites for hydroxylation is 1. The zero-order chi connectivity index (χ0) is 12.4. The van der Waals surface area contributed by atoms with E-state index in [0.29, 0.717) is 11.1 Å². The van der Waals surface area contributed by atoms with Crippen LogP contribution >= 0.6 is 0 Å². The van der Waals surface area contributed by atoms with Crippen LogP contribution in [0.3, 0.4) is 0 Å². The minimum atomic E-state index is -0.577. The third kappa shape index (κ3) is 2.30. The molecule has 1 heterocycles. The topological polar surface area (TPSA) is 56.0 Å². The van der Waals surface area contributed by atoms with Gasteiger partial charge in [0, 0.05) is 23.5 Å². The number of hydrogen-bond donors (Lipinski definition) is 1. The number of halogens is 1. The van der Waals surface area contributed by atoms with E-state index in [1.54, 1.807) is 12.1 Å². The lowest BCUT2D eigenvalue weighted by atomic mass is 10.0. The van der Waals surface area contributed by atoms with Gasteiger partial charge in [0.25, 0.3) is 0 Å². The van der Waals surface area contributed by atoms with Crippen LogP contribution in [-0.2, 0) is 0 Å². The van der Waals surface area contributed by atoms with E-state index in [4.69, 9.17) is 5.73 Å². The highest BCUT2D eigenvalue weighted by Gasteiger charge is 2.08. The first-order valence-corrected chi connectivity index (χ1v) is 5.09. The van der Waals surface area contributed by atoms with Crippen LogP contribution in [0.5, 0.6) is 0 Å². The number of carbonyl (C=O) groups excluding carboxylic acids is 1. The first kappa shape index (κ1) is 11.3. The molecule has 2 aromatic rings. The maximum absolute atomic E-state index is 13.7. The predicted molar refractivity (Wildman–Crippen MR) is 62.9 cm³/mol. The van der Waals surface area contributed by atoms with E-state index in [9.17, 15) is 9.18 Å². The second-order valence-electron chi connectivity index (χ2n) is 3.81. The third-order valence-corrected chi connectivity index (χ3v) is 2.46. The summed E-state index contributed by atoms with van der Waals surface area (Å²) in [6.07, 6.45) is 2.86. The van der Waals surface area contributed by atoms with Gasteiger partial charge in [-0.3, -0.25) is 9.78 Å². The fourth-order valence-corrected chi connectivity index (χ4v) is 1.58. The maximum atomic E-state index is 13.7. The van der Waals surface area contributed by atoms with Gasteiger partial charge >= 0.3 is 0 Å². The van der Waals surface area contributed by atoms with Crippen LogP contribution in [0.25, 0.3) is 11.1 Å². The van der Waals surface area contributed by atoms with Crippen molar-refractivity contribution < 1.29 is 9.18 Å². The van der Waals surface area contributed by atoms with Crippen molar-refractivity contribution in [3.63, 3.8) is 0 Å². The lowest BCUT2D eigenvalue weighted by Crippen LogP contribution is -2.11. The number of benzene rings is 1. The molecule has 1 aromatic heterocycles. The SMILES string of the molecule is Cc1ccc(-c2cncc(C(N)=O)c2)c(F)c1. The Kier molecular flexibility index (Phi) is 2.87. The van der Waals surface area contributed by atoms with Crippen molar-refractivity contribution in [1.82, 2.24) is 4.98 Å². The van der Waals surface area contributed by atoms with Crippen LogP contribution in [0.4, 0.5) is 4.39 Å². The van der Waals surface area contributed by atoms with Crippen LogP contribution in [0.15, 0.2) is 36.7 Å². The Morgan fingerprint density at radius 1 is 1.29 bits per heavy atom. The molecule has 0 bridgehead atoms. The van der Waals surface area contributed by atoms with Gasteiger partial charge in [-0.05, 0) is 24.6 Å². The number of nitrogens with zero attached hydrogens (tertiary/aromatic N) is 1. The summed E-state index contributed by atoms with van der Waals surface area (Å²) < 4.78 is 13.7. The molecular formula is C13H11FN2O. The number of nitrogens with two attached hydrogens (primary N) is 1. The van der Waals surface area contributed by atoms with Gasteiger partial charge in [-0.25, -0.2) is 4.39 Å². The summed E-state index contributed by atoms with van der Waals surface area (Å²) in [6.45, 7) is 1.81. The zero-order valence-corrected chi connectivity index (χ0v) is 9.27. The Morgan fingerprint density at radius 2 is 2.06 bits per heavy atom. The lowest BCUT2D eigenvalue weighted by Gasteiger charge is -2.05. The number of carbonyl (C=O) groups is 1. The summed E-state index contributed by atoms with van der Waals surface area (Å²) in [5, 5.41) is 0. The van der Waals surface area contributed by atoms with E-state index in [1.165, 1.54) is 24.5 Å². The average Bonchev–Trinajstić information content (AvgIpc) is 2.29. The largest absolute Gasteiger partial charge is 0.366 e. The first-order chi connectivity index (χ1) is 8.08. The van der Waals surface area contributed by atoms with Gasteiger partial charge in [0.2, 0.25) is 5.91 Å². The van der Waals surface area contributed by atoms with E-state index < -0.39 is 5.91 Å². The number of amides is 1. The molecule has 1 amide bonds. The molecule has 17 heavy (non-hydrogen) atoms. The molecule has 1 aromatic carbocycles. The highest BCUT2D eigenvalue weighted by atomic mass is 19.1. The van der Waals surface area contributed by atoms with E-state index in [0.717, 1.165) is 5.56 Å². The Bertz CT molecular complexity index is 581. The van der Waals surface area contributed by atoms with Gasteiger partial charge in [-0.15, -0.1) is 0 Å². The monoisotopic (exact) mass is 230 g/mol. The molecule has 2 rings (SSSR count). The molecular weight excluding hydrogens is 219 g/mol. The summed E-state index contributed by atoms with van der Waals surface area (Å²) in [5.74, 6) is -0.916. The highest BCUT2D eigenvalue weighted by molar-refractivity contribution is 5.93. The second kappa shape index (κ2) is 4.33. The number of pyridine rings is 1. The van der Waals surface area contributed by atoms with Crippen LogP contribution in [-0.4, -0.2) is 10.9 Å². The van der Waals surface area contributed by atoms with Gasteiger partial charge in [-0.1, -0.05) is 12.1 Å². The van der Waals surface area contributed by atoms with Crippen LogP contribution < -0.4 is 5.73 Å². The molecule has 0 unspecified atom stereocenters. The maximum Gasteiger partial charge on any atom is 0.250 e. The Hall–Kier alpha value is -2.23. The standard InChI is InChI=1S/C13H11FN2O/c1-8-2-3-11(12(14)4-8)9-5-10(13(15)17)7-16-6-9/h2-7H,1H3,(H2,15,17). The first-order valence-electron chi connectivity index (χ1n) is 5.09. The number of hydrogen-bond acceptors (Lipinski definition) is 2. The van der Waals surface area contributed by atoms with E-state index in [2.05, 4.69) is 4.98 Å². The molecule has 0 aliphatic carbocycles. The summed E-state index contributed by atoms with van der Waals surface area (Å²) >= 11 is 0. The third-order valence-electron chi connectivity index (χ3n) is 2.46. The highest BCUT2D eigenvalue weighted by Crippen LogP contribution is 2.23. The second-order valence-corrected chi connectivity index (χ2v) is 3.81. The van der Waals surface area contributed by atoms with Crippen molar-refractivity contribution >= 4 is 5.91 Å². The summed E-state index contributed by atoms with van der Waals surface area (Å²) in [4.78, 5) is 14.9. The Morgan fingerprint density at radius 3 is 2.71 bits per heavy atom. The fraction of sp³-hybridized carbons (Fsp3) is 0.0769. The average molecular weight is 230 g/mol. The normalized spacial score (nSPS) is 10.2.